The SMILES string of the molecule is Cc1ccc(-c2noc(CCCN3CCN(c4nc5cc(C)nn5c5ccccc45)CC3)n2)cc1. The van der Waals surface area contributed by atoms with E-state index in [1.54, 1.807) is 0 Å². The molecule has 8 heteroatoms. The summed E-state index contributed by atoms with van der Waals surface area (Å²) in [6, 6.07) is 18.7. The highest BCUT2D eigenvalue weighted by molar-refractivity contribution is 5.91. The third kappa shape index (κ3) is 4.37. The van der Waals surface area contributed by atoms with Gasteiger partial charge in [-0.05, 0) is 38.9 Å². The summed E-state index contributed by atoms with van der Waals surface area (Å²) >= 11 is 0. The van der Waals surface area contributed by atoms with Crippen LogP contribution in [-0.4, -0.2) is 62.4 Å². The molecule has 8 nitrogen and oxygen atoms in total. The minimum Gasteiger partial charge on any atom is -0.353 e. The molecule has 0 spiro atoms. The predicted octanol–water partition coefficient (Wildman–Crippen LogP) is 4.30. The molecular weight excluding hydrogens is 438 g/mol. The van der Waals surface area contributed by atoms with Crippen LogP contribution in [0.4, 0.5) is 5.82 Å². The van der Waals surface area contributed by atoms with Gasteiger partial charge >= 0.3 is 0 Å². The monoisotopic (exact) mass is 467 g/mol. The number of aromatic nitrogens is 5. The van der Waals surface area contributed by atoms with Gasteiger partial charge in [0.05, 0.1) is 11.2 Å². The summed E-state index contributed by atoms with van der Waals surface area (Å²) in [6.45, 7) is 9.04. The number of para-hydroxylation sites is 1. The molecular formula is C27H29N7O. The summed E-state index contributed by atoms with van der Waals surface area (Å²) in [4.78, 5) is 14.5. The minimum atomic E-state index is 0.665. The molecule has 2 aromatic carbocycles. The van der Waals surface area contributed by atoms with Gasteiger partial charge in [-0.2, -0.15) is 10.1 Å². The lowest BCUT2D eigenvalue weighted by molar-refractivity contribution is 0.250. The predicted molar refractivity (Wildman–Crippen MR) is 137 cm³/mol. The van der Waals surface area contributed by atoms with E-state index in [0.29, 0.717) is 11.7 Å². The Kier molecular flexibility index (Phi) is 5.66. The Balaban J connectivity index is 1.07. The van der Waals surface area contributed by atoms with E-state index in [9.17, 15) is 0 Å². The highest BCUT2D eigenvalue weighted by Gasteiger charge is 2.21. The van der Waals surface area contributed by atoms with E-state index in [0.717, 1.165) is 79.2 Å². The van der Waals surface area contributed by atoms with E-state index in [-0.39, 0.29) is 0 Å². The first-order chi connectivity index (χ1) is 17.1. The van der Waals surface area contributed by atoms with Crippen molar-refractivity contribution >= 4 is 22.4 Å². The first-order valence-electron chi connectivity index (χ1n) is 12.3. The fraction of sp³-hybridized carbons (Fsp3) is 0.333. The van der Waals surface area contributed by atoms with Crippen LogP contribution in [0.1, 0.15) is 23.6 Å². The number of fused-ring (bicyclic) bond motifs is 3. The number of hydrogen-bond acceptors (Lipinski definition) is 7. The van der Waals surface area contributed by atoms with Crippen LogP contribution < -0.4 is 4.90 Å². The Morgan fingerprint density at radius 1 is 0.914 bits per heavy atom. The number of hydrogen-bond donors (Lipinski definition) is 0. The molecule has 178 valence electrons. The van der Waals surface area contributed by atoms with Gasteiger partial charge in [0.2, 0.25) is 11.7 Å². The lowest BCUT2D eigenvalue weighted by Crippen LogP contribution is -2.47. The second-order valence-electron chi connectivity index (χ2n) is 9.32. The Morgan fingerprint density at radius 2 is 1.71 bits per heavy atom. The van der Waals surface area contributed by atoms with E-state index >= 15 is 0 Å². The van der Waals surface area contributed by atoms with Gasteiger partial charge in [-0.15, -0.1) is 0 Å². The van der Waals surface area contributed by atoms with Crippen LogP contribution in [0.3, 0.4) is 0 Å². The van der Waals surface area contributed by atoms with Crippen molar-refractivity contribution in [1.82, 2.24) is 29.6 Å². The van der Waals surface area contributed by atoms with Crippen LogP contribution in [0.25, 0.3) is 27.9 Å². The second-order valence-corrected chi connectivity index (χ2v) is 9.32. The van der Waals surface area contributed by atoms with Gasteiger partial charge in [0.1, 0.15) is 5.82 Å². The zero-order chi connectivity index (χ0) is 23.8. The van der Waals surface area contributed by atoms with Crippen molar-refractivity contribution < 1.29 is 4.52 Å². The summed E-state index contributed by atoms with van der Waals surface area (Å²) in [7, 11) is 0. The molecule has 0 unspecified atom stereocenters. The maximum absolute atomic E-state index is 5.49. The van der Waals surface area contributed by atoms with Crippen LogP contribution >= 0.6 is 0 Å². The Morgan fingerprint density at radius 3 is 2.54 bits per heavy atom. The molecule has 0 amide bonds. The van der Waals surface area contributed by atoms with Gasteiger partial charge in [0, 0.05) is 49.6 Å². The lowest BCUT2D eigenvalue weighted by atomic mass is 10.1. The van der Waals surface area contributed by atoms with Gasteiger partial charge < -0.3 is 9.42 Å². The first kappa shape index (κ1) is 21.7. The molecule has 1 aliphatic rings. The Bertz CT molecular complexity index is 1460. The second kappa shape index (κ2) is 9.11. The van der Waals surface area contributed by atoms with E-state index in [4.69, 9.17) is 9.51 Å². The maximum atomic E-state index is 5.49. The summed E-state index contributed by atoms with van der Waals surface area (Å²) in [5, 5.41) is 9.93. The van der Waals surface area contributed by atoms with E-state index in [1.165, 1.54) is 5.56 Å². The Hall–Kier alpha value is -3.78. The zero-order valence-electron chi connectivity index (χ0n) is 20.2. The van der Waals surface area contributed by atoms with Crippen molar-refractivity contribution in [3.8, 4) is 11.4 Å². The topological polar surface area (TPSA) is 75.6 Å². The molecule has 4 heterocycles. The number of piperazine rings is 1. The fourth-order valence-electron chi connectivity index (χ4n) is 4.81. The molecule has 1 aliphatic heterocycles. The quantitative estimate of drug-likeness (QED) is 0.368. The third-order valence-electron chi connectivity index (χ3n) is 6.72. The summed E-state index contributed by atoms with van der Waals surface area (Å²) in [5.41, 5.74) is 5.21. The number of nitrogens with zero attached hydrogens (tertiary/aromatic N) is 7. The molecule has 0 saturated carbocycles. The molecule has 0 radical (unpaired) electrons. The van der Waals surface area contributed by atoms with Crippen molar-refractivity contribution in [2.75, 3.05) is 37.6 Å². The first-order valence-corrected chi connectivity index (χ1v) is 12.3. The highest BCUT2D eigenvalue weighted by atomic mass is 16.5. The van der Waals surface area contributed by atoms with Gasteiger partial charge in [0.15, 0.2) is 5.65 Å². The molecule has 0 aliphatic carbocycles. The van der Waals surface area contributed by atoms with Crippen LogP contribution in [0, 0.1) is 13.8 Å². The van der Waals surface area contributed by atoms with E-state index < -0.39 is 0 Å². The molecule has 5 aromatic rings. The average Bonchev–Trinajstić information content (AvgIpc) is 3.51. The van der Waals surface area contributed by atoms with Crippen LogP contribution in [-0.2, 0) is 6.42 Å². The van der Waals surface area contributed by atoms with Crippen molar-refractivity contribution in [2.45, 2.75) is 26.7 Å². The summed E-state index contributed by atoms with van der Waals surface area (Å²) in [5.74, 6) is 2.43. The van der Waals surface area contributed by atoms with Gasteiger partial charge in [-0.3, -0.25) is 4.90 Å². The van der Waals surface area contributed by atoms with Gasteiger partial charge in [-0.25, -0.2) is 9.50 Å². The van der Waals surface area contributed by atoms with Gasteiger partial charge in [0.25, 0.3) is 0 Å². The number of benzene rings is 2. The third-order valence-corrected chi connectivity index (χ3v) is 6.72. The summed E-state index contributed by atoms with van der Waals surface area (Å²) < 4.78 is 7.44. The van der Waals surface area contributed by atoms with Crippen LogP contribution in [0.15, 0.2) is 59.1 Å². The van der Waals surface area contributed by atoms with Crippen molar-refractivity contribution in [3.05, 3.63) is 71.7 Å². The fourth-order valence-corrected chi connectivity index (χ4v) is 4.81. The van der Waals surface area contributed by atoms with Crippen molar-refractivity contribution in [2.24, 2.45) is 0 Å². The molecule has 0 bridgehead atoms. The largest absolute Gasteiger partial charge is 0.353 e. The number of rotatable bonds is 6. The molecule has 1 saturated heterocycles. The molecule has 0 atom stereocenters. The zero-order valence-corrected chi connectivity index (χ0v) is 20.2. The number of anilines is 1. The van der Waals surface area contributed by atoms with Crippen LogP contribution in [0.2, 0.25) is 0 Å². The van der Waals surface area contributed by atoms with Crippen molar-refractivity contribution in [3.63, 3.8) is 0 Å². The lowest BCUT2D eigenvalue weighted by Gasteiger charge is -2.35. The maximum Gasteiger partial charge on any atom is 0.227 e. The van der Waals surface area contributed by atoms with E-state index in [1.807, 2.05) is 29.6 Å². The van der Waals surface area contributed by atoms with Crippen LogP contribution in [0.5, 0.6) is 0 Å². The van der Waals surface area contributed by atoms with Crippen molar-refractivity contribution in [1.29, 1.82) is 0 Å². The highest BCUT2D eigenvalue weighted by Crippen LogP contribution is 2.27. The van der Waals surface area contributed by atoms with Gasteiger partial charge in [-0.1, -0.05) is 47.1 Å². The average molecular weight is 468 g/mol. The molecule has 3 aromatic heterocycles. The smallest absolute Gasteiger partial charge is 0.227 e. The summed E-state index contributed by atoms with van der Waals surface area (Å²) in [6.07, 6.45) is 1.79. The minimum absolute atomic E-state index is 0.665. The molecule has 0 N–H and O–H groups in total. The molecule has 1 fully saturated rings. The van der Waals surface area contributed by atoms with E-state index in [2.05, 4.69) is 68.4 Å². The molecule has 35 heavy (non-hydrogen) atoms. The Labute approximate surface area is 204 Å². The standard InChI is InChI=1S/C27H29N7O/c1-19-9-11-21(12-10-19)26-29-25(35-31-26)8-5-13-32-14-16-33(17-15-32)27-22-6-3-4-7-23(22)34-24(28-27)18-20(2)30-34/h3-4,6-7,9-12,18H,5,8,13-17H2,1-2H3. The normalized spacial score (nSPS) is 14.9. The molecule has 6 rings (SSSR count). The number of aryl methyl sites for hydroxylation is 3.